The molecule has 0 bridgehead atoms. The molecule has 1 amide bonds. The Kier molecular flexibility index (Phi) is 6.40. The lowest BCUT2D eigenvalue weighted by molar-refractivity contribution is -0.389. The van der Waals surface area contributed by atoms with Crippen molar-refractivity contribution >= 4 is 23.1 Å². The lowest BCUT2D eigenvalue weighted by Gasteiger charge is -2.11. The van der Waals surface area contributed by atoms with Crippen molar-refractivity contribution in [1.82, 2.24) is 9.78 Å². The maximum absolute atomic E-state index is 12.3. The molecule has 12 nitrogen and oxygen atoms in total. The normalized spacial score (nSPS) is 10.4. The van der Waals surface area contributed by atoms with E-state index in [2.05, 4.69) is 10.4 Å². The van der Waals surface area contributed by atoms with E-state index < -0.39 is 15.8 Å². The van der Waals surface area contributed by atoms with Gasteiger partial charge in [-0.05, 0) is 17.1 Å². The summed E-state index contributed by atoms with van der Waals surface area (Å²) in [6.45, 7) is 0.0964. The van der Waals surface area contributed by atoms with Gasteiger partial charge in [0.1, 0.15) is 5.75 Å². The number of nitrogens with one attached hydrogen (secondary N) is 1. The Balaban J connectivity index is 1.73. The van der Waals surface area contributed by atoms with Crippen LogP contribution < -0.4 is 14.8 Å². The number of non-ortho nitro benzene ring substituents is 1. The van der Waals surface area contributed by atoms with Crippen LogP contribution in [0.1, 0.15) is 6.42 Å². The number of nitrogens with zero attached hydrogens (tertiary/aromatic N) is 4. The fourth-order valence-corrected chi connectivity index (χ4v) is 2.66. The molecule has 0 aliphatic heterocycles. The van der Waals surface area contributed by atoms with Crippen molar-refractivity contribution in [3.8, 4) is 17.2 Å². The highest BCUT2D eigenvalue weighted by molar-refractivity contribution is 5.91. The van der Waals surface area contributed by atoms with Crippen molar-refractivity contribution in [3.63, 3.8) is 0 Å². The second-order valence-corrected chi connectivity index (χ2v) is 6.22. The number of hydrogen-bond acceptors (Lipinski definition) is 8. The summed E-state index contributed by atoms with van der Waals surface area (Å²) in [6, 6.07) is 11.9. The summed E-state index contributed by atoms with van der Waals surface area (Å²) in [6.07, 6.45) is 1.34. The molecule has 2 aromatic carbocycles. The molecule has 0 fully saturated rings. The van der Waals surface area contributed by atoms with Gasteiger partial charge in [0.15, 0.2) is 11.5 Å². The first-order valence-electron chi connectivity index (χ1n) is 8.94. The SMILES string of the molecule is COc1ccccc1Oc1cc(NC(=O)CCn2ccc([N+](=O)[O-])n2)cc([N+](=O)[O-])c1. The highest BCUT2D eigenvalue weighted by Crippen LogP contribution is 2.34. The first-order chi connectivity index (χ1) is 14.9. The molecule has 0 unspecified atom stereocenters. The van der Waals surface area contributed by atoms with E-state index in [-0.39, 0.29) is 35.9 Å². The number of methoxy groups -OCH3 is 1. The third-order valence-electron chi connectivity index (χ3n) is 4.06. The molecule has 0 spiro atoms. The molecule has 0 aliphatic rings. The number of carbonyl (C=O) groups is 1. The summed E-state index contributed by atoms with van der Waals surface area (Å²) in [4.78, 5) is 33.0. The molecule has 3 rings (SSSR count). The molecule has 0 atom stereocenters. The van der Waals surface area contributed by atoms with Gasteiger partial charge in [0.2, 0.25) is 5.91 Å². The Morgan fingerprint density at radius 1 is 1.10 bits per heavy atom. The summed E-state index contributed by atoms with van der Waals surface area (Å²) in [5.74, 6) is 0.145. The number of nitro benzene ring substituents is 1. The minimum absolute atomic E-state index is 0.0514. The molecule has 1 aromatic heterocycles. The second kappa shape index (κ2) is 9.35. The summed E-state index contributed by atoms with van der Waals surface area (Å²) in [5.41, 5.74) is -0.110. The van der Waals surface area contributed by atoms with Crippen molar-refractivity contribution in [2.75, 3.05) is 12.4 Å². The van der Waals surface area contributed by atoms with Crippen LogP contribution in [0.25, 0.3) is 0 Å². The molecule has 1 heterocycles. The van der Waals surface area contributed by atoms with E-state index in [9.17, 15) is 25.0 Å². The number of amides is 1. The Morgan fingerprint density at radius 2 is 1.84 bits per heavy atom. The number of hydrogen-bond donors (Lipinski definition) is 1. The predicted molar refractivity (Wildman–Crippen MR) is 108 cm³/mol. The van der Waals surface area contributed by atoms with Crippen LogP contribution in [0, 0.1) is 20.2 Å². The molecule has 3 aromatic rings. The Hall–Kier alpha value is -4.48. The van der Waals surface area contributed by atoms with Crippen molar-refractivity contribution in [2.24, 2.45) is 0 Å². The van der Waals surface area contributed by atoms with Crippen LogP contribution in [0.2, 0.25) is 0 Å². The van der Waals surface area contributed by atoms with Crippen LogP contribution in [0.3, 0.4) is 0 Å². The van der Waals surface area contributed by atoms with E-state index in [0.717, 1.165) is 0 Å². The number of nitro groups is 2. The molecule has 160 valence electrons. The van der Waals surface area contributed by atoms with E-state index in [0.29, 0.717) is 11.5 Å². The van der Waals surface area contributed by atoms with Gasteiger partial charge < -0.3 is 24.9 Å². The summed E-state index contributed by atoms with van der Waals surface area (Å²) < 4.78 is 12.2. The number of ether oxygens (including phenoxy) is 2. The van der Waals surface area contributed by atoms with Crippen molar-refractivity contribution in [3.05, 3.63) is 75.0 Å². The summed E-state index contributed by atoms with van der Waals surface area (Å²) in [5, 5.41) is 28.2. The van der Waals surface area contributed by atoms with Gasteiger partial charge in [0.05, 0.1) is 47.7 Å². The van der Waals surface area contributed by atoms with Crippen LogP contribution in [0.5, 0.6) is 17.2 Å². The third kappa shape index (κ3) is 5.53. The first kappa shape index (κ1) is 21.2. The second-order valence-electron chi connectivity index (χ2n) is 6.22. The van der Waals surface area contributed by atoms with E-state index in [1.165, 1.54) is 42.3 Å². The van der Waals surface area contributed by atoms with E-state index in [4.69, 9.17) is 9.47 Å². The number of anilines is 1. The lowest BCUT2D eigenvalue weighted by Crippen LogP contribution is -2.15. The van der Waals surface area contributed by atoms with Crippen LogP contribution >= 0.6 is 0 Å². The van der Waals surface area contributed by atoms with Gasteiger partial charge in [0, 0.05) is 18.6 Å². The monoisotopic (exact) mass is 427 g/mol. The van der Waals surface area contributed by atoms with Crippen LogP contribution in [0.4, 0.5) is 17.2 Å². The minimum Gasteiger partial charge on any atom is -0.493 e. The smallest absolute Gasteiger partial charge is 0.389 e. The largest absolute Gasteiger partial charge is 0.493 e. The van der Waals surface area contributed by atoms with Gasteiger partial charge in [-0.1, -0.05) is 12.1 Å². The number of benzene rings is 2. The molecule has 1 N–H and O–H groups in total. The molecule has 31 heavy (non-hydrogen) atoms. The zero-order valence-corrected chi connectivity index (χ0v) is 16.3. The zero-order chi connectivity index (χ0) is 22.4. The van der Waals surface area contributed by atoms with Crippen molar-refractivity contribution in [2.45, 2.75) is 13.0 Å². The lowest BCUT2D eigenvalue weighted by atomic mass is 10.2. The quantitative estimate of drug-likeness (QED) is 0.402. The van der Waals surface area contributed by atoms with E-state index in [1.54, 1.807) is 24.3 Å². The van der Waals surface area contributed by atoms with E-state index in [1.807, 2.05) is 0 Å². The maximum Gasteiger partial charge on any atom is 0.389 e. The van der Waals surface area contributed by atoms with Gasteiger partial charge in [0.25, 0.3) is 5.69 Å². The van der Waals surface area contributed by atoms with Gasteiger partial charge in [-0.25, -0.2) is 0 Å². The number of aryl methyl sites for hydroxylation is 1. The Bertz CT molecular complexity index is 1130. The molecule has 0 saturated carbocycles. The molecular formula is C19H17N5O7. The Morgan fingerprint density at radius 3 is 2.48 bits per heavy atom. The topological polar surface area (TPSA) is 152 Å². The van der Waals surface area contributed by atoms with Crippen molar-refractivity contribution < 1.29 is 24.1 Å². The molecule has 0 aliphatic carbocycles. The zero-order valence-electron chi connectivity index (χ0n) is 16.3. The first-order valence-corrected chi connectivity index (χ1v) is 8.94. The maximum atomic E-state index is 12.3. The van der Waals surface area contributed by atoms with Gasteiger partial charge in [-0.3, -0.25) is 14.9 Å². The van der Waals surface area contributed by atoms with Gasteiger partial charge in [-0.2, -0.15) is 4.68 Å². The Labute approximate surface area is 175 Å². The number of aromatic nitrogens is 2. The molecular weight excluding hydrogens is 410 g/mol. The fourth-order valence-electron chi connectivity index (χ4n) is 2.66. The van der Waals surface area contributed by atoms with Crippen LogP contribution in [-0.2, 0) is 11.3 Å². The predicted octanol–water partition coefficient (Wildman–Crippen LogP) is 3.53. The highest BCUT2D eigenvalue weighted by atomic mass is 16.6. The number of rotatable bonds is 9. The summed E-state index contributed by atoms with van der Waals surface area (Å²) in [7, 11) is 1.47. The fraction of sp³-hybridized carbons (Fsp3) is 0.158. The molecule has 12 heteroatoms. The standard InChI is InChI=1S/C19H17N5O7/c1-30-16-4-2-3-5-17(16)31-15-11-13(10-14(12-15)23(26)27)20-19(25)7-9-22-8-6-18(21-22)24(28)29/h2-6,8,10-12H,7,9H2,1H3,(H,20,25). The minimum atomic E-state index is -0.636. The average Bonchev–Trinajstić information content (AvgIpc) is 3.22. The van der Waals surface area contributed by atoms with Gasteiger partial charge in [-0.15, -0.1) is 0 Å². The van der Waals surface area contributed by atoms with Crippen LogP contribution in [-0.4, -0.2) is 32.6 Å². The van der Waals surface area contributed by atoms with Crippen molar-refractivity contribution in [1.29, 1.82) is 0 Å². The molecule has 0 radical (unpaired) electrons. The molecule has 0 saturated heterocycles. The van der Waals surface area contributed by atoms with Gasteiger partial charge >= 0.3 is 5.82 Å². The number of carbonyl (C=O) groups excluding carboxylic acids is 1. The van der Waals surface area contributed by atoms with E-state index >= 15 is 0 Å². The number of para-hydroxylation sites is 2. The summed E-state index contributed by atoms with van der Waals surface area (Å²) >= 11 is 0. The third-order valence-corrected chi connectivity index (χ3v) is 4.06. The highest BCUT2D eigenvalue weighted by Gasteiger charge is 2.16. The average molecular weight is 427 g/mol. The van der Waals surface area contributed by atoms with Crippen LogP contribution in [0.15, 0.2) is 54.7 Å².